The Morgan fingerprint density at radius 2 is 1.95 bits per heavy atom. The van der Waals surface area contributed by atoms with Gasteiger partial charge in [-0.2, -0.15) is 0 Å². The minimum atomic E-state index is -0.750. The van der Waals surface area contributed by atoms with Gasteiger partial charge in [0.05, 0.1) is 26.7 Å². The summed E-state index contributed by atoms with van der Waals surface area (Å²) in [6.45, 7) is 0. The molecule has 0 saturated heterocycles. The SMILES string of the molecule is COC(=O)[C@H]1N=C(c2ccc(OC)cc2)O[C@@H]1c1ccoc1. The second-order valence-electron chi connectivity index (χ2n) is 4.73. The Kier molecular flexibility index (Phi) is 3.82. The molecule has 3 rings (SSSR count). The van der Waals surface area contributed by atoms with Gasteiger partial charge in [-0.05, 0) is 30.3 Å². The highest BCUT2D eigenvalue weighted by Crippen LogP contribution is 2.32. The van der Waals surface area contributed by atoms with E-state index in [1.165, 1.54) is 19.6 Å². The maximum Gasteiger partial charge on any atom is 0.335 e. The highest BCUT2D eigenvalue weighted by atomic mass is 16.5. The van der Waals surface area contributed by atoms with Gasteiger partial charge in [-0.15, -0.1) is 0 Å². The van der Waals surface area contributed by atoms with E-state index in [0.29, 0.717) is 5.90 Å². The molecule has 1 aliphatic heterocycles. The lowest BCUT2D eigenvalue weighted by Crippen LogP contribution is -2.24. The van der Waals surface area contributed by atoms with Gasteiger partial charge in [0.1, 0.15) is 5.75 Å². The third kappa shape index (κ3) is 2.55. The molecule has 0 spiro atoms. The molecule has 1 aromatic heterocycles. The summed E-state index contributed by atoms with van der Waals surface area (Å²) in [5.41, 5.74) is 1.50. The Balaban J connectivity index is 1.90. The molecular weight excluding hydrogens is 286 g/mol. The van der Waals surface area contributed by atoms with Crippen LogP contribution in [0.2, 0.25) is 0 Å². The standard InChI is InChI=1S/C16H15NO5/c1-19-12-5-3-10(4-6-12)15-17-13(16(18)20-2)14(22-15)11-7-8-21-9-11/h3-9,13-14H,1-2H3/t13-,14+/m0/s1. The van der Waals surface area contributed by atoms with Gasteiger partial charge < -0.3 is 18.6 Å². The summed E-state index contributed by atoms with van der Waals surface area (Å²) in [7, 11) is 2.93. The Hall–Kier alpha value is -2.76. The normalized spacial score (nSPS) is 20.2. The van der Waals surface area contributed by atoms with Crippen molar-refractivity contribution in [3.05, 3.63) is 54.0 Å². The van der Waals surface area contributed by atoms with Crippen molar-refractivity contribution >= 4 is 11.9 Å². The van der Waals surface area contributed by atoms with Crippen molar-refractivity contribution in [2.45, 2.75) is 12.1 Å². The number of hydrogen-bond donors (Lipinski definition) is 0. The number of aliphatic imine (C=N–C) groups is 1. The Morgan fingerprint density at radius 3 is 2.55 bits per heavy atom. The van der Waals surface area contributed by atoms with Gasteiger partial charge in [0.15, 0.2) is 12.1 Å². The number of nitrogens with zero attached hydrogens (tertiary/aromatic N) is 1. The minimum absolute atomic E-state index is 0.393. The number of esters is 1. The average Bonchev–Trinajstić information content (AvgIpc) is 3.23. The second-order valence-corrected chi connectivity index (χ2v) is 4.73. The summed E-state index contributed by atoms with van der Waals surface area (Å²) in [6.07, 6.45) is 2.51. The molecule has 1 aromatic carbocycles. The van der Waals surface area contributed by atoms with E-state index < -0.39 is 18.1 Å². The van der Waals surface area contributed by atoms with Crippen molar-refractivity contribution < 1.29 is 23.4 Å². The van der Waals surface area contributed by atoms with Crippen LogP contribution in [0.1, 0.15) is 17.2 Å². The summed E-state index contributed by atoms with van der Waals surface area (Å²) >= 11 is 0. The van der Waals surface area contributed by atoms with E-state index in [9.17, 15) is 4.79 Å². The van der Waals surface area contributed by atoms with Crippen LogP contribution in [-0.2, 0) is 14.3 Å². The van der Waals surface area contributed by atoms with Crippen molar-refractivity contribution in [3.8, 4) is 5.75 Å². The number of ether oxygens (including phenoxy) is 3. The second kappa shape index (κ2) is 5.93. The molecule has 0 amide bonds. The summed E-state index contributed by atoms with van der Waals surface area (Å²) in [5, 5.41) is 0. The fourth-order valence-electron chi connectivity index (χ4n) is 2.27. The molecule has 1 aliphatic rings. The maximum absolute atomic E-state index is 11.9. The Labute approximate surface area is 127 Å². The van der Waals surface area contributed by atoms with Gasteiger partial charge >= 0.3 is 5.97 Å². The number of carbonyl (C=O) groups is 1. The predicted octanol–water partition coefficient (Wildman–Crippen LogP) is 2.35. The number of methoxy groups -OCH3 is 2. The average molecular weight is 301 g/mol. The van der Waals surface area contributed by atoms with E-state index in [0.717, 1.165) is 16.9 Å². The molecule has 2 aromatic rings. The minimum Gasteiger partial charge on any atom is -0.497 e. The summed E-state index contributed by atoms with van der Waals surface area (Å²) < 4.78 is 20.8. The molecule has 6 nitrogen and oxygen atoms in total. The number of furan rings is 1. The lowest BCUT2D eigenvalue weighted by atomic mass is 10.1. The molecule has 2 atom stereocenters. The first-order valence-corrected chi connectivity index (χ1v) is 6.71. The number of rotatable bonds is 4. The fourth-order valence-corrected chi connectivity index (χ4v) is 2.27. The highest BCUT2D eigenvalue weighted by molar-refractivity contribution is 5.98. The fraction of sp³-hybridized carbons (Fsp3) is 0.250. The first kappa shape index (κ1) is 14.2. The Bertz CT molecular complexity index is 675. The van der Waals surface area contributed by atoms with E-state index in [4.69, 9.17) is 18.6 Å². The molecule has 0 unspecified atom stereocenters. The van der Waals surface area contributed by atoms with Crippen LogP contribution in [-0.4, -0.2) is 32.1 Å². The topological polar surface area (TPSA) is 70.3 Å². The van der Waals surface area contributed by atoms with Crippen molar-refractivity contribution in [2.24, 2.45) is 4.99 Å². The molecule has 0 saturated carbocycles. The van der Waals surface area contributed by atoms with E-state index in [-0.39, 0.29) is 0 Å². The smallest absolute Gasteiger partial charge is 0.335 e. The molecule has 2 heterocycles. The van der Waals surface area contributed by atoms with E-state index >= 15 is 0 Å². The highest BCUT2D eigenvalue weighted by Gasteiger charge is 2.39. The number of benzene rings is 1. The zero-order valence-corrected chi connectivity index (χ0v) is 12.2. The monoisotopic (exact) mass is 301 g/mol. The first-order chi connectivity index (χ1) is 10.7. The first-order valence-electron chi connectivity index (χ1n) is 6.71. The van der Waals surface area contributed by atoms with Gasteiger partial charge in [0.25, 0.3) is 0 Å². The molecule has 0 N–H and O–H groups in total. The lowest BCUT2D eigenvalue weighted by Gasteiger charge is -2.14. The summed E-state index contributed by atoms with van der Waals surface area (Å²) in [6, 6.07) is 8.25. The van der Waals surface area contributed by atoms with E-state index in [1.807, 2.05) is 12.1 Å². The number of hydrogen-bond acceptors (Lipinski definition) is 6. The Morgan fingerprint density at radius 1 is 1.18 bits per heavy atom. The molecule has 22 heavy (non-hydrogen) atoms. The zero-order chi connectivity index (χ0) is 15.5. The molecule has 0 aliphatic carbocycles. The summed E-state index contributed by atoms with van der Waals surface area (Å²) in [4.78, 5) is 16.3. The third-order valence-electron chi connectivity index (χ3n) is 3.43. The van der Waals surface area contributed by atoms with Gasteiger partial charge in [0.2, 0.25) is 5.90 Å². The van der Waals surface area contributed by atoms with Crippen molar-refractivity contribution in [1.82, 2.24) is 0 Å². The summed E-state index contributed by atoms with van der Waals surface area (Å²) in [5.74, 6) is 0.678. The van der Waals surface area contributed by atoms with Gasteiger partial charge in [-0.1, -0.05) is 0 Å². The molecule has 0 fully saturated rings. The van der Waals surface area contributed by atoms with Gasteiger partial charge in [-0.3, -0.25) is 0 Å². The molecule has 0 radical (unpaired) electrons. The molecular formula is C16H15NO5. The number of carbonyl (C=O) groups excluding carboxylic acids is 1. The van der Waals surface area contributed by atoms with E-state index in [1.54, 1.807) is 25.3 Å². The van der Waals surface area contributed by atoms with Crippen molar-refractivity contribution in [2.75, 3.05) is 14.2 Å². The maximum atomic E-state index is 11.9. The van der Waals surface area contributed by atoms with Gasteiger partial charge in [-0.25, -0.2) is 9.79 Å². The third-order valence-corrected chi connectivity index (χ3v) is 3.43. The van der Waals surface area contributed by atoms with Crippen LogP contribution in [0.3, 0.4) is 0 Å². The van der Waals surface area contributed by atoms with Crippen molar-refractivity contribution in [3.63, 3.8) is 0 Å². The zero-order valence-electron chi connectivity index (χ0n) is 12.2. The van der Waals surface area contributed by atoms with E-state index in [2.05, 4.69) is 4.99 Å². The van der Waals surface area contributed by atoms with Crippen LogP contribution in [0.5, 0.6) is 5.75 Å². The quantitative estimate of drug-likeness (QED) is 0.811. The lowest BCUT2D eigenvalue weighted by molar-refractivity contribution is -0.143. The largest absolute Gasteiger partial charge is 0.497 e. The van der Waals surface area contributed by atoms with Crippen LogP contribution in [0, 0.1) is 0 Å². The van der Waals surface area contributed by atoms with Crippen LogP contribution >= 0.6 is 0 Å². The predicted molar refractivity (Wildman–Crippen MR) is 77.9 cm³/mol. The van der Waals surface area contributed by atoms with Crippen molar-refractivity contribution in [1.29, 1.82) is 0 Å². The molecule has 6 heteroatoms. The van der Waals surface area contributed by atoms with Crippen LogP contribution in [0.25, 0.3) is 0 Å². The van der Waals surface area contributed by atoms with Crippen LogP contribution < -0.4 is 4.74 Å². The molecule has 0 bridgehead atoms. The van der Waals surface area contributed by atoms with Crippen LogP contribution in [0.4, 0.5) is 0 Å². The van der Waals surface area contributed by atoms with Crippen LogP contribution in [0.15, 0.2) is 52.3 Å². The van der Waals surface area contributed by atoms with Gasteiger partial charge in [0, 0.05) is 11.1 Å². The molecule has 114 valence electrons.